The van der Waals surface area contributed by atoms with Gasteiger partial charge in [0, 0.05) is 37.3 Å². The van der Waals surface area contributed by atoms with Gasteiger partial charge in [0.05, 0.1) is 24.7 Å². The van der Waals surface area contributed by atoms with Crippen LogP contribution in [0.25, 0.3) is 10.9 Å². The molecule has 1 fully saturated rings. The number of hydrogen-bond acceptors (Lipinski definition) is 5. The highest BCUT2D eigenvalue weighted by molar-refractivity contribution is 5.92. The first-order chi connectivity index (χ1) is 11.2. The Labute approximate surface area is 136 Å². The second-order valence-electron chi connectivity index (χ2n) is 5.82. The van der Waals surface area contributed by atoms with Crippen molar-refractivity contribution in [1.82, 2.24) is 9.88 Å². The molecule has 3 rings (SSSR count). The van der Waals surface area contributed by atoms with Gasteiger partial charge in [0.2, 0.25) is 0 Å². The van der Waals surface area contributed by atoms with Crippen molar-refractivity contribution in [3.05, 3.63) is 36.0 Å². The summed E-state index contributed by atoms with van der Waals surface area (Å²) in [6.07, 6.45) is 0.212. The van der Waals surface area contributed by atoms with Gasteiger partial charge in [0.15, 0.2) is 0 Å². The zero-order chi connectivity index (χ0) is 16.2. The minimum Gasteiger partial charge on any atom is -0.469 e. The lowest BCUT2D eigenvalue weighted by molar-refractivity contribution is -0.139. The van der Waals surface area contributed by atoms with Gasteiger partial charge in [-0.25, -0.2) is 0 Å². The Morgan fingerprint density at radius 2 is 1.96 bits per heavy atom. The summed E-state index contributed by atoms with van der Waals surface area (Å²) < 4.78 is 4.78. The second kappa shape index (κ2) is 6.96. The van der Waals surface area contributed by atoms with Crippen LogP contribution in [0.1, 0.15) is 12.6 Å². The quantitative estimate of drug-likeness (QED) is 0.809. The van der Waals surface area contributed by atoms with Gasteiger partial charge in [-0.05, 0) is 18.7 Å². The van der Waals surface area contributed by atoms with E-state index >= 15 is 0 Å². The number of esters is 1. The Morgan fingerprint density at radius 3 is 2.65 bits per heavy atom. The molecule has 5 heteroatoms. The van der Waals surface area contributed by atoms with Crippen LogP contribution < -0.4 is 4.90 Å². The molecule has 0 amide bonds. The van der Waals surface area contributed by atoms with Gasteiger partial charge in [-0.15, -0.1) is 0 Å². The molecule has 122 valence electrons. The maximum Gasteiger partial charge on any atom is 0.311 e. The third-order valence-electron chi connectivity index (χ3n) is 4.46. The largest absolute Gasteiger partial charge is 0.469 e. The van der Waals surface area contributed by atoms with E-state index in [1.165, 1.54) is 12.8 Å². The molecule has 2 aromatic rings. The number of likely N-dealkylation sites (N-methyl/N-ethyl adjacent to an activating group) is 1. The van der Waals surface area contributed by atoms with E-state index in [2.05, 4.69) is 27.8 Å². The normalized spacial score (nSPS) is 15.8. The summed E-state index contributed by atoms with van der Waals surface area (Å²) in [5, 5.41) is 1.14. The highest BCUT2D eigenvalue weighted by Crippen LogP contribution is 2.28. The molecule has 1 saturated heterocycles. The molecule has 0 spiro atoms. The van der Waals surface area contributed by atoms with Gasteiger partial charge in [-0.2, -0.15) is 0 Å². The fraction of sp³-hybridized carbons (Fsp3) is 0.444. The number of carbonyl (C=O) groups excluding carboxylic acids is 1. The Balaban J connectivity index is 1.95. The van der Waals surface area contributed by atoms with E-state index in [4.69, 9.17) is 4.74 Å². The van der Waals surface area contributed by atoms with Crippen molar-refractivity contribution in [3.8, 4) is 0 Å². The summed E-state index contributed by atoms with van der Waals surface area (Å²) in [5.41, 5.74) is 2.87. The molecule has 0 aliphatic carbocycles. The van der Waals surface area contributed by atoms with Crippen LogP contribution in [0.5, 0.6) is 0 Å². The molecule has 1 aromatic heterocycles. The zero-order valence-electron chi connectivity index (χ0n) is 13.8. The summed E-state index contributed by atoms with van der Waals surface area (Å²) in [6.45, 7) is 7.43. The Hall–Kier alpha value is -2.14. The molecule has 1 aliphatic heterocycles. The minimum atomic E-state index is -0.255. The number of anilines is 1. The molecule has 0 saturated carbocycles. The average Bonchev–Trinajstić information content (AvgIpc) is 2.61. The second-order valence-corrected chi connectivity index (χ2v) is 5.82. The van der Waals surface area contributed by atoms with E-state index in [1.54, 1.807) is 0 Å². The molecule has 1 aromatic carbocycles. The van der Waals surface area contributed by atoms with Gasteiger partial charge in [-0.3, -0.25) is 9.78 Å². The van der Waals surface area contributed by atoms with Gasteiger partial charge in [-0.1, -0.05) is 25.1 Å². The first-order valence-corrected chi connectivity index (χ1v) is 8.14. The van der Waals surface area contributed by atoms with Crippen molar-refractivity contribution in [2.45, 2.75) is 13.3 Å². The summed E-state index contributed by atoms with van der Waals surface area (Å²) in [6, 6.07) is 10.2. The highest BCUT2D eigenvalue weighted by Gasteiger charge is 2.19. The molecule has 0 bridgehead atoms. The number of carbonyl (C=O) groups is 1. The summed E-state index contributed by atoms with van der Waals surface area (Å²) in [5.74, 6) is -0.255. The number of benzene rings is 1. The highest BCUT2D eigenvalue weighted by atomic mass is 16.5. The van der Waals surface area contributed by atoms with Crippen LogP contribution >= 0.6 is 0 Å². The van der Waals surface area contributed by atoms with Crippen LogP contribution in [-0.2, 0) is 16.0 Å². The molecule has 1 aliphatic rings. The molecule has 0 atom stereocenters. The molecule has 0 unspecified atom stereocenters. The lowest BCUT2D eigenvalue weighted by Gasteiger charge is -2.36. The van der Waals surface area contributed by atoms with Crippen LogP contribution in [0.3, 0.4) is 0 Å². The van der Waals surface area contributed by atoms with Gasteiger partial charge in [0.1, 0.15) is 0 Å². The lowest BCUT2D eigenvalue weighted by atomic mass is 10.1. The molecule has 23 heavy (non-hydrogen) atoms. The van der Waals surface area contributed by atoms with E-state index in [1.807, 2.05) is 24.3 Å². The number of hydrogen-bond donors (Lipinski definition) is 0. The maximum atomic E-state index is 11.6. The number of methoxy groups -OCH3 is 1. The van der Waals surface area contributed by atoms with Gasteiger partial charge < -0.3 is 14.5 Å². The van der Waals surface area contributed by atoms with Crippen molar-refractivity contribution in [2.24, 2.45) is 0 Å². The standard InChI is InChI=1S/C18H23N3O2/c1-3-20-8-10-21(11-9-20)17-12-14(13-18(22)23-2)19-16-7-5-4-6-15(16)17/h4-7,12H,3,8-11,13H2,1-2H3. The number of nitrogens with zero attached hydrogens (tertiary/aromatic N) is 3. The third kappa shape index (κ3) is 3.45. The maximum absolute atomic E-state index is 11.6. The summed E-state index contributed by atoms with van der Waals surface area (Å²) >= 11 is 0. The number of para-hydroxylation sites is 1. The molecular weight excluding hydrogens is 290 g/mol. The average molecular weight is 313 g/mol. The topological polar surface area (TPSA) is 45.7 Å². The van der Waals surface area contributed by atoms with Crippen molar-refractivity contribution in [2.75, 3.05) is 44.7 Å². The smallest absolute Gasteiger partial charge is 0.311 e. The SMILES string of the molecule is CCN1CCN(c2cc(CC(=O)OC)nc3ccccc23)CC1. The minimum absolute atomic E-state index is 0.212. The lowest BCUT2D eigenvalue weighted by Crippen LogP contribution is -2.46. The van der Waals surface area contributed by atoms with E-state index in [0.29, 0.717) is 0 Å². The number of ether oxygens (including phenoxy) is 1. The number of pyridine rings is 1. The molecule has 0 radical (unpaired) electrons. The van der Waals surface area contributed by atoms with Crippen LogP contribution in [0.15, 0.2) is 30.3 Å². The number of aromatic nitrogens is 1. The van der Waals surface area contributed by atoms with Crippen molar-refractivity contribution in [3.63, 3.8) is 0 Å². The van der Waals surface area contributed by atoms with Crippen LogP contribution in [0.4, 0.5) is 5.69 Å². The monoisotopic (exact) mass is 313 g/mol. The van der Waals surface area contributed by atoms with Crippen molar-refractivity contribution < 1.29 is 9.53 Å². The molecular formula is C18H23N3O2. The summed E-state index contributed by atoms with van der Waals surface area (Å²) in [4.78, 5) is 21.1. The number of rotatable bonds is 4. The van der Waals surface area contributed by atoms with Crippen LogP contribution in [0.2, 0.25) is 0 Å². The first kappa shape index (κ1) is 15.7. The Kier molecular flexibility index (Phi) is 4.76. The molecule has 2 heterocycles. The molecule has 0 N–H and O–H groups in total. The van der Waals surface area contributed by atoms with E-state index in [-0.39, 0.29) is 12.4 Å². The van der Waals surface area contributed by atoms with Crippen molar-refractivity contribution >= 4 is 22.6 Å². The van der Waals surface area contributed by atoms with E-state index in [0.717, 1.165) is 49.3 Å². The summed E-state index contributed by atoms with van der Waals surface area (Å²) in [7, 11) is 1.41. The van der Waals surface area contributed by atoms with Gasteiger partial charge in [0.25, 0.3) is 0 Å². The number of piperazine rings is 1. The van der Waals surface area contributed by atoms with Gasteiger partial charge >= 0.3 is 5.97 Å². The van der Waals surface area contributed by atoms with E-state index < -0.39 is 0 Å². The zero-order valence-corrected chi connectivity index (χ0v) is 13.8. The number of fused-ring (bicyclic) bond motifs is 1. The van der Waals surface area contributed by atoms with Crippen LogP contribution in [-0.4, -0.2) is 55.7 Å². The van der Waals surface area contributed by atoms with E-state index in [9.17, 15) is 4.79 Å². The molecule has 5 nitrogen and oxygen atoms in total. The Morgan fingerprint density at radius 1 is 1.22 bits per heavy atom. The third-order valence-corrected chi connectivity index (χ3v) is 4.46. The van der Waals surface area contributed by atoms with Crippen LogP contribution in [0, 0.1) is 0 Å². The predicted molar refractivity (Wildman–Crippen MR) is 91.8 cm³/mol. The fourth-order valence-electron chi connectivity index (χ4n) is 3.09. The predicted octanol–water partition coefficient (Wildman–Crippen LogP) is 2.09. The Bertz CT molecular complexity index is 694. The van der Waals surface area contributed by atoms with Crippen molar-refractivity contribution in [1.29, 1.82) is 0 Å². The first-order valence-electron chi connectivity index (χ1n) is 8.14. The fourth-order valence-corrected chi connectivity index (χ4v) is 3.09.